The SMILES string of the molecule is C1=CC(Nc2ncc(/C=C/c3cccc4[nH]ccc34)cn2)=CC=C(OCCN2CCCC2)C1. The Balaban J connectivity index is 1.17. The van der Waals surface area contributed by atoms with Crippen molar-refractivity contribution in [1.82, 2.24) is 19.9 Å². The lowest BCUT2D eigenvalue weighted by Gasteiger charge is -2.15. The molecule has 168 valence electrons. The van der Waals surface area contributed by atoms with E-state index in [-0.39, 0.29) is 0 Å². The molecular weight excluding hydrogens is 410 g/mol. The second-order valence-corrected chi connectivity index (χ2v) is 8.34. The van der Waals surface area contributed by atoms with Gasteiger partial charge in [0.25, 0.3) is 0 Å². The van der Waals surface area contributed by atoms with Gasteiger partial charge in [-0.1, -0.05) is 30.4 Å². The summed E-state index contributed by atoms with van der Waals surface area (Å²) in [5.41, 5.74) is 4.18. The average Bonchev–Trinajstić information content (AvgIpc) is 3.49. The summed E-state index contributed by atoms with van der Waals surface area (Å²) in [5.74, 6) is 1.56. The number of nitrogens with one attached hydrogen (secondary N) is 2. The van der Waals surface area contributed by atoms with Crippen LogP contribution in [0.1, 0.15) is 30.4 Å². The molecule has 0 unspecified atom stereocenters. The highest BCUT2D eigenvalue weighted by Crippen LogP contribution is 2.20. The molecular formula is C27H29N5O. The van der Waals surface area contributed by atoms with E-state index < -0.39 is 0 Å². The number of nitrogens with zero attached hydrogens (tertiary/aromatic N) is 3. The van der Waals surface area contributed by atoms with Crippen LogP contribution in [-0.4, -0.2) is 46.1 Å². The number of allylic oxidation sites excluding steroid dienone is 4. The zero-order valence-corrected chi connectivity index (χ0v) is 18.7. The summed E-state index contributed by atoms with van der Waals surface area (Å²) >= 11 is 0. The molecule has 6 heteroatoms. The first-order chi connectivity index (χ1) is 16.3. The summed E-state index contributed by atoms with van der Waals surface area (Å²) < 4.78 is 5.98. The molecule has 33 heavy (non-hydrogen) atoms. The number of aromatic nitrogens is 3. The molecule has 1 aromatic carbocycles. The number of ether oxygens (including phenoxy) is 1. The first-order valence-corrected chi connectivity index (χ1v) is 11.6. The summed E-state index contributed by atoms with van der Waals surface area (Å²) in [7, 11) is 0. The van der Waals surface area contributed by atoms with Crippen molar-refractivity contribution in [3.05, 3.63) is 89.7 Å². The van der Waals surface area contributed by atoms with Gasteiger partial charge < -0.3 is 15.0 Å². The van der Waals surface area contributed by atoms with E-state index >= 15 is 0 Å². The van der Waals surface area contributed by atoms with Crippen molar-refractivity contribution < 1.29 is 4.74 Å². The molecule has 2 aromatic heterocycles. The lowest BCUT2D eigenvalue weighted by molar-refractivity contribution is 0.168. The van der Waals surface area contributed by atoms with Gasteiger partial charge in [-0.05, 0) is 61.9 Å². The van der Waals surface area contributed by atoms with E-state index in [0.717, 1.165) is 47.7 Å². The van der Waals surface area contributed by atoms with E-state index in [0.29, 0.717) is 5.95 Å². The molecule has 1 aliphatic heterocycles. The Morgan fingerprint density at radius 1 is 1.06 bits per heavy atom. The van der Waals surface area contributed by atoms with Gasteiger partial charge in [0.2, 0.25) is 5.95 Å². The van der Waals surface area contributed by atoms with Crippen LogP contribution in [0.2, 0.25) is 0 Å². The molecule has 0 bridgehead atoms. The largest absolute Gasteiger partial charge is 0.496 e. The van der Waals surface area contributed by atoms with E-state index in [4.69, 9.17) is 4.74 Å². The number of anilines is 1. The number of H-pyrrole nitrogens is 1. The van der Waals surface area contributed by atoms with Crippen molar-refractivity contribution >= 4 is 29.0 Å². The Kier molecular flexibility index (Phi) is 6.63. The summed E-state index contributed by atoms with van der Waals surface area (Å²) in [4.78, 5) is 14.6. The second-order valence-electron chi connectivity index (χ2n) is 8.34. The molecule has 1 saturated heterocycles. The van der Waals surface area contributed by atoms with Gasteiger partial charge in [-0.15, -0.1) is 0 Å². The molecule has 5 rings (SSSR count). The van der Waals surface area contributed by atoms with Gasteiger partial charge in [-0.25, -0.2) is 9.97 Å². The third-order valence-corrected chi connectivity index (χ3v) is 5.97. The molecule has 2 aliphatic rings. The Hall–Kier alpha value is -3.64. The maximum Gasteiger partial charge on any atom is 0.227 e. The molecule has 1 fully saturated rings. The molecule has 3 aromatic rings. The predicted octanol–water partition coefficient (Wildman–Crippen LogP) is 5.38. The second kappa shape index (κ2) is 10.3. The molecule has 0 spiro atoms. The van der Waals surface area contributed by atoms with E-state index in [2.05, 4.69) is 61.6 Å². The minimum absolute atomic E-state index is 0.572. The van der Waals surface area contributed by atoms with Crippen LogP contribution >= 0.6 is 0 Å². The van der Waals surface area contributed by atoms with Crippen molar-refractivity contribution in [2.75, 3.05) is 31.6 Å². The fraction of sp³-hybridized carbons (Fsp3) is 0.259. The van der Waals surface area contributed by atoms with Crippen LogP contribution in [0.5, 0.6) is 0 Å². The highest BCUT2D eigenvalue weighted by atomic mass is 16.5. The zero-order valence-electron chi connectivity index (χ0n) is 18.7. The predicted molar refractivity (Wildman–Crippen MR) is 134 cm³/mol. The summed E-state index contributed by atoms with van der Waals surface area (Å²) in [6.07, 6.45) is 21.3. The number of hydrogen-bond donors (Lipinski definition) is 2. The molecule has 1 aliphatic carbocycles. The number of fused-ring (bicyclic) bond motifs is 1. The Labute approximate surface area is 194 Å². The van der Waals surface area contributed by atoms with Crippen LogP contribution in [0.15, 0.2) is 78.6 Å². The first-order valence-electron chi connectivity index (χ1n) is 11.6. The third-order valence-electron chi connectivity index (χ3n) is 5.97. The highest BCUT2D eigenvalue weighted by Gasteiger charge is 2.11. The van der Waals surface area contributed by atoms with Crippen molar-refractivity contribution in [3.8, 4) is 0 Å². The molecule has 3 heterocycles. The Morgan fingerprint density at radius 2 is 1.94 bits per heavy atom. The minimum Gasteiger partial charge on any atom is -0.496 e. The maximum atomic E-state index is 5.98. The van der Waals surface area contributed by atoms with Gasteiger partial charge in [0.05, 0.1) is 5.76 Å². The van der Waals surface area contributed by atoms with E-state index in [9.17, 15) is 0 Å². The molecule has 0 saturated carbocycles. The van der Waals surface area contributed by atoms with Crippen molar-refractivity contribution in [2.24, 2.45) is 0 Å². The standard InChI is InChI=1S/C27H29N5O/c1-2-16-32(15-1)17-18-33-24-7-4-6-23(11-12-24)31-27-29-19-21(20-30-27)9-10-22-5-3-8-26-25(22)13-14-28-26/h3-6,8-14,19-20,28H,1-2,7,15-18H2,(H,29,30,31)/b10-9+. The van der Waals surface area contributed by atoms with Gasteiger partial charge in [0.1, 0.15) is 6.61 Å². The van der Waals surface area contributed by atoms with E-state index in [1.54, 1.807) is 0 Å². The van der Waals surface area contributed by atoms with Crippen LogP contribution in [0.4, 0.5) is 5.95 Å². The van der Waals surface area contributed by atoms with Gasteiger partial charge in [0.15, 0.2) is 0 Å². The number of aromatic amines is 1. The van der Waals surface area contributed by atoms with Crippen LogP contribution in [0.25, 0.3) is 23.1 Å². The summed E-state index contributed by atoms with van der Waals surface area (Å²) in [6, 6.07) is 8.32. The van der Waals surface area contributed by atoms with Gasteiger partial charge in [-0.3, -0.25) is 4.90 Å². The van der Waals surface area contributed by atoms with Crippen LogP contribution < -0.4 is 5.32 Å². The molecule has 0 radical (unpaired) electrons. The van der Waals surface area contributed by atoms with Gasteiger partial charge in [0, 0.05) is 53.7 Å². The first kappa shape index (κ1) is 21.2. The van der Waals surface area contributed by atoms with Crippen molar-refractivity contribution in [3.63, 3.8) is 0 Å². The van der Waals surface area contributed by atoms with Gasteiger partial charge in [-0.2, -0.15) is 0 Å². The highest BCUT2D eigenvalue weighted by molar-refractivity contribution is 5.91. The number of hydrogen-bond acceptors (Lipinski definition) is 5. The quantitative estimate of drug-likeness (QED) is 0.493. The Morgan fingerprint density at radius 3 is 2.82 bits per heavy atom. The fourth-order valence-electron chi connectivity index (χ4n) is 4.17. The summed E-state index contributed by atoms with van der Waals surface area (Å²) in [5, 5.41) is 4.48. The zero-order chi connectivity index (χ0) is 22.3. The van der Waals surface area contributed by atoms with E-state index in [1.807, 2.05) is 42.9 Å². The topological polar surface area (TPSA) is 66.1 Å². The fourth-order valence-corrected chi connectivity index (χ4v) is 4.17. The minimum atomic E-state index is 0.572. The molecule has 6 nitrogen and oxygen atoms in total. The van der Waals surface area contributed by atoms with Crippen molar-refractivity contribution in [1.29, 1.82) is 0 Å². The average molecular weight is 440 g/mol. The Bertz CT molecular complexity index is 1200. The maximum absolute atomic E-state index is 5.98. The number of rotatable bonds is 8. The van der Waals surface area contributed by atoms with Gasteiger partial charge >= 0.3 is 0 Å². The summed E-state index contributed by atoms with van der Waals surface area (Å²) in [6.45, 7) is 4.15. The normalized spacial score (nSPS) is 16.7. The monoisotopic (exact) mass is 439 g/mol. The van der Waals surface area contributed by atoms with E-state index in [1.165, 1.54) is 31.3 Å². The van der Waals surface area contributed by atoms with Crippen LogP contribution in [-0.2, 0) is 4.74 Å². The third kappa shape index (κ3) is 5.59. The lowest BCUT2D eigenvalue weighted by atomic mass is 10.1. The smallest absolute Gasteiger partial charge is 0.227 e. The molecule has 0 atom stereocenters. The lowest BCUT2D eigenvalue weighted by Crippen LogP contribution is -2.23. The molecule has 2 N–H and O–H groups in total. The molecule has 0 amide bonds. The van der Waals surface area contributed by atoms with Crippen LogP contribution in [0, 0.1) is 0 Å². The number of likely N-dealkylation sites (tertiary alicyclic amines) is 1. The van der Waals surface area contributed by atoms with Crippen LogP contribution in [0.3, 0.4) is 0 Å². The van der Waals surface area contributed by atoms with Crippen molar-refractivity contribution in [2.45, 2.75) is 19.3 Å². The number of benzene rings is 1.